The minimum Gasteiger partial charge on any atom is -0.326 e. The summed E-state index contributed by atoms with van der Waals surface area (Å²) in [5.41, 5.74) is 7.14. The first-order valence-corrected chi connectivity index (χ1v) is 7.42. The molecule has 0 saturated carbocycles. The first-order valence-electron chi connectivity index (χ1n) is 5.77. The predicted octanol–water partition coefficient (Wildman–Crippen LogP) is 0.821. The van der Waals surface area contributed by atoms with Gasteiger partial charge in [-0.25, -0.2) is 8.42 Å². The fraction of sp³-hybridized carbons (Fsp3) is 0.250. The number of benzene rings is 1. The lowest BCUT2D eigenvalue weighted by Gasteiger charge is -2.10. The Morgan fingerprint density at radius 3 is 2.53 bits per heavy atom. The maximum Gasteiger partial charge on any atom is 0.238 e. The van der Waals surface area contributed by atoms with E-state index in [1.165, 1.54) is 10.9 Å². The van der Waals surface area contributed by atoms with E-state index in [1.807, 2.05) is 12.1 Å². The van der Waals surface area contributed by atoms with Crippen molar-refractivity contribution in [1.82, 2.24) is 9.78 Å². The molecule has 0 unspecified atom stereocenters. The van der Waals surface area contributed by atoms with Crippen molar-refractivity contribution < 1.29 is 8.42 Å². The van der Waals surface area contributed by atoms with Gasteiger partial charge in [0.2, 0.25) is 10.0 Å². The van der Waals surface area contributed by atoms with Crippen LogP contribution in [0.25, 0.3) is 0 Å². The lowest BCUT2D eigenvalue weighted by molar-refractivity contribution is 0.599. The van der Waals surface area contributed by atoms with Crippen LogP contribution in [-0.4, -0.2) is 18.2 Å². The van der Waals surface area contributed by atoms with Crippen molar-refractivity contribution in [2.75, 3.05) is 4.72 Å². The van der Waals surface area contributed by atoms with Crippen LogP contribution in [0.15, 0.2) is 36.5 Å². The van der Waals surface area contributed by atoms with Crippen molar-refractivity contribution in [3.05, 3.63) is 47.7 Å². The van der Waals surface area contributed by atoms with Crippen molar-refractivity contribution in [2.45, 2.75) is 12.3 Å². The van der Waals surface area contributed by atoms with Gasteiger partial charge in [0.25, 0.3) is 0 Å². The standard InChI is InChI=1S/C12H16N4O2S/c1-16-12(6-7-14-16)15-19(17,18)9-11-5-3-2-4-10(11)8-13/h2-7,15H,8-9,13H2,1H3. The summed E-state index contributed by atoms with van der Waals surface area (Å²) in [6, 6.07) is 8.84. The van der Waals surface area contributed by atoms with Gasteiger partial charge < -0.3 is 5.73 Å². The number of rotatable bonds is 5. The molecule has 2 rings (SSSR count). The van der Waals surface area contributed by atoms with E-state index in [4.69, 9.17) is 5.73 Å². The van der Waals surface area contributed by atoms with E-state index in [1.54, 1.807) is 25.2 Å². The van der Waals surface area contributed by atoms with Crippen molar-refractivity contribution in [3.63, 3.8) is 0 Å². The normalized spacial score (nSPS) is 11.5. The average molecular weight is 280 g/mol. The second-order valence-electron chi connectivity index (χ2n) is 4.17. The highest BCUT2D eigenvalue weighted by molar-refractivity contribution is 7.91. The highest BCUT2D eigenvalue weighted by atomic mass is 32.2. The molecule has 0 aliphatic heterocycles. The number of hydrogen-bond donors (Lipinski definition) is 2. The van der Waals surface area contributed by atoms with Crippen molar-refractivity contribution >= 4 is 15.8 Å². The average Bonchev–Trinajstić information content (AvgIpc) is 2.74. The van der Waals surface area contributed by atoms with Gasteiger partial charge in [-0.2, -0.15) is 5.10 Å². The van der Waals surface area contributed by atoms with Gasteiger partial charge in [0.05, 0.1) is 11.9 Å². The molecule has 3 N–H and O–H groups in total. The van der Waals surface area contributed by atoms with Crippen LogP contribution >= 0.6 is 0 Å². The van der Waals surface area contributed by atoms with Gasteiger partial charge in [-0.3, -0.25) is 9.40 Å². The van der Waals surface area contributed by atoms with Gasteiger partial charge in [-0.1, -0.05) is 24.3 Å². The summed E-state index contributed by atoms with van der Waals surface area (Å²) in [6.07, 6.45) is 1.53. The summed E-state index contributed by atoms with van der Waals surface area (Å²) in [7, 11) is -1.81. The lowest BCUT2D eigenvalue weighted by atomic mass is 10.1. The molecule has 19 heavy (non-hydrogen) atoms. The second kappa shape index (κ2) is 5.41. The van der Waals surface area contributed by atoms with Crippen molar-refractivity contribution in [2.24, 2.45) is 12.8 Å². The smallest absolute Gasteiger partial charge is 0.238 e. The van der Waals surface area contributed by atoms with Crippen molar-refractivity contribution in [1.29, 1.82) is 0 Å². The molecule has 0 bridgehead atoms. The van der Waals surface area contributed by atoms with Gasteiger partial charge >= 0.3 is 0 Å². The van der Waals surface area contributed by atoms with Gasteiger partial charge in [-0.15, -0.1) is 0 Å². The zero-order valence-electron chi connectivity index (χ0n) is 10.6. The van der Waals surface area contributed by atoms with E-state index in [0.29, 0.717) is 17.9 Å². The van der Waals surface area contributed by atoms with E-state index in [-0.39, 0.29) is 5.75 Å². The van der Waals surface area contributed by atoms with Crippen LogP contribution in [0.3, 0.4) is 0 Å². The maximum atomic E-state index is 12.1. The van der Waals surface area contributed by atoms with E-state index >= 15 is 0 Å². The summed E-state index contributed by atoms with van der Waals surface area (Å²) in [5.74, 6) is 0.330. The zero-order valence-corrected chi connectivity index (χ0v) is 11.4. The molecule has 0 atom stereocenters. The number of nitrogens with two attached hydrogens (primary N) is 1. The first kappa shape index (κ1) is 13.6. The van der Waals surface area contributed by atoms with Crippen LogP contribution < -0.4 is 10.5 Å². The maximum absolute atomic E-state index is 12.1. The molecular weight excluding hydrogens is 264 g/mol. The number of nitrogens with one attached hydrogen (secondary N) is 1. The van der Waals surface area contributed by atoms with Crippen LogP contribution in [0.2, 0.25) is 0 Å². The van der Waals surface area contributed by atoms with Crippen LogP contribution in [-0.2, 0) is 29.4 Å². The monoisotopic (exact) mass is 280 g/mol. The zero-order chi connectivity index (χ0) is 13.9. The minimum atomic E-state index is -3.48. The van der Waals surface area contributed by atoms with Crippen molar-refractivity contribution in [3.8, 4) is 0 Å². The van der Waals surface area contributed by atoms with Crippen LogP contribution in [0.4, 0.5) is 5.82 Å². The topological polar surface area (TPSA) is 90.0 Å². The molecule has 0 amide bonds. The molecule has 0 aliphatic carbocycles. The van der Waals surface area contributed by atoms with Crippen LogP contribution in [0, 0.1) is 0 Å². The largest absolute Gasteiger partial charge is 0.326 e. The van der Waals surface area contributed by atoms with Gasteiger partial charge in [0, 0.05) is 19.7 Å². The second-order valence-corrected chi connectivity index (χ2v) is 5.90. The summed E-state index contributed by atoms with van der Waals surface area (Å²) >= 11 is 0. The number of nitrogens with zero attached hydrogens (tertiary/aromatic N) is 2. The summed E-state index contributed by atoms with van der Waals surface area (Å²) in [5, 5.41) is 3.91. The van der Waals surface area contributed by atoms with E-state index in [0.717, 1.165) is 5.56 Å². The van der Waals surface area contributed by atoms with E-state index in [9.17, 15) is 8.42 Å². The molecule has 0 aliphatic rings. The summed E-state index contributed by atoms with van der Waals surface area (Å²) in [4.78, 5) is 0. The lowest BCUT2D eigenvalue weighted by Crippen LogP contribution is -2.18. The summed E-state index contributed by atoms with van der Waals surface area (Å²) < 4.78 is 28.2. The predicted molar refractivity (Wildman–Crippen MR) is 73.8 cm³/mol. The van der Waals surface area contributed by atoms with Gasteiger partial charge in [-0.05, 0) is 11.1 Å². The Bertz CT molecular complexity index is 664. The molecule has 2 aromatic rings. The highest BCUT2D eigenvalue weighted by Crippen LogP contribution is 2.14. The Labute approximate surface area is 112 Å². The molecule has 1 aromatic heterocycles. The molecule has 0 spiro atoms. The Hall–Kier alpha value is -1.86. The van der Waals surface area contributed by atoms with Gasteiger partial charge in [0.15, 0.2) is 0 Å². The molecule has 7 heteroatoms. The Balaban J connectivity index is 2.20. The third-order valence-corrected chi connectivity index (χ3v) is 3.98. The minimum absolute atomic E-state index is 0.106. The molecule has 0 saturated heterocycles. The number of sulfonamides is 1. The third kappa shape index (κ3) is 3.33. The van der Waals surface area contributed by atoms with Gasteiger partial charge in [0.1, 0.15) is 5.82 Å². The number of hydrogen-bond acceptors (Lipinski definition) is 4. The third-order valence-electron chi connectivity index (χ3n) is 2.76. The van der Waals surface area contributed by atoms with E-state index in [2.05, 4.69) is 9.82 Å². The molecule has 102 valence electrons. The summed E-state index contributed by atoms with van der Waals surface area (Å²) in [6.45, 7) is 0.317. The number of anilines is 1. The SMILES string of the molecule is Cn1nccc1NS(=O)(=O)Cc1ccccc1CN. The Morgan fingerprint density at radius 1 is 1.26 bits per heavy atom. The fourth-order valence-electron chi connectivity index (χ4n) is 1.77. The molecule has 0 fully saturated rings. The molecule has 6 nitrogen and oxygen atoms in total. The fourth-order valence-corrected chi connectivity index (χ4v) is 3.05. The molecule has 1 aromatic carbocycles. The van der Waals surface area contributed by atoms with E-state index < -0.39 is 10.0 Å². The molecule has 0 radical (unpaired) electrons. The number of aromatic nitrogens is 2. The van der Waals surface area contributed by atoms with Crippen LogP contribution in [0.5, 0.6) is 0 Å². The number of aryl methyl sites for hydroxylation is 1. The molecular formula is C12H16N4O2S. The Morgan fingerprint density at radius 2 is 1.95 bits per heavy atom. The molecule has 1 heterocycles. The van der Waals surface area contributed by atoms with Crippen LogP contribution in [0.1, 0.15) is 11.1 Å². The quantitative estimate of drug-likeness (QED) is 0.848. The Kier molecular flexibility index (Phi) is 3.87. The highest BCUT2D eigenvalue weighted by Gasteiger charge is 2.15. The first-order chi connectivity index (χ1) is 9.02.